The van der Waals surface area contributed by atoms with Gasteiger partial charge in [-0.2, -0.15) is 0 Å². The molecule has 0 radical (unpaired) electrons. The molecule has 2 aromatic carbocycles. The molecule has 0 bridgehead atoms. The molecule has 2 N–H and O–H groups in total. The molecule has 2 atom stereocenters. The third-order valence-electron chi connectivity index (χ3n) is 4.22. The smallest absolute Gasteiger partial charge is 0.275 e. The zero-order valence-electron chi connectivity index (χ0n) is 15.9. The molecule has 0 heterocycles. The molecule has 0 aliphatic heterocycles. The first-order chi connectivity index (χ1) is 12.8. The summed E-state index contributed by atoms with van der Waals surface area (Å²) in [7, 11) is 5.18. The molecule has 146 valence electrons. The van der Waals surface area contributed by atoms with Gasteiger partial charge in [-0.15, -0.1) is 0 Å². The summed E-state index contributed by atoms with van der Waals surface area (Å²) in [6.45, 7) is 2.92. The van der Waals surface area contributed by atoms with Crippen molar-refractivity contribution in [1.82, 2.24) is 5.32 Å². The highest BCUT2D eigenvalue weighted by Crippen LogP contribution is 2.27. The topological polar surface area (TPSA) is 52.0 Å². The van der Waals surface area contributed by atoms with E-state index in [0.717, 1.165) is 16.0 Å². The zero-order chi connectivity index (χ0) is 20.0. The van der Waals surface area contributed by atoms with Crippen molar-refractivity contribution in [3.05, 3.63) is 57.6 Å². The summed E-state index contributed by atoms with van der Waals surface area (Å²) in [5, 5.41) is 4.10. The Bertz CT molecular complexity index is 799. The summed E-state index contributed by atoms with van der Waals surface area (Å²) in [6.07, 6.45) is 0. The van der Waals surface area contributed by atoms with E-state index >= 15 is 0 Å². The van der Waals surface area contributed by atoms with Crippen molar-refractivity contribution < 1.29 is 19.2 Å². The normalized spacial score (nSPS) is 13.0. The number of carbonyl (C=O) groups is 1. The average Bonchev–Trinajstić information content (AvgIpc) is 2.61. The predicted molar refractivity (Wildman–Crippen MR) is 108 cm³/mol. The predicted octanol–water partition coefficient (Wildman–Crippen LogP) is 2.90. The molecule has 2 rings (SSSR count). The van der Waals surface area contributed by atoms with Gasteiger partial charge in [-0.05, 0) is 42.8 Å². The number of nitrogens with one attached hydrogen (secondary N) is 2. The van der Waals surface area contributed by atoms with Crippen molar-refractivity contribution in [2.75, 3.05) is 27.8 Å². The fourth-order valence-corrected chi connectivity index (χ4v) is 3.47. The van der Waals surface area contributed by atoms with Gasteiger partial charge in [0.25, 0.3) is 5.91 Å². The van der Waals surface area contributed by atoms with Crippen LogP contribution in [0.25, 0.3) is 0 Å². The number of quaternary nitrogens is 1. The number of methoxy groups -OCH3 is 2. The van der Waals surface area contributed by atoms with Gasteiger partial charge in [-0.3, -0.25) is 4.79 Å². The average molecular weight is 412 g/mol. The van der Waals surface area contributed by atoms with E-state index in [9.17, 15) is 4.79 Å². The molecule has 0 aliphatic rings. The second-order valence-electron chi connectivity index (χ2n) is 6.46. The van der Waals surface area contributed by atoms with Crippen molar-refractivity contribution in [3.8, 4) is 11.5 Å². The second-order valence-corrected chi connectivity index (χ2v) is 7.30. The Morgan fingerprint density at radius 2 is 1.81 bits per heavy atom. The first-order valence-corrected chi connectivity index (χ1v) is 9.36. The van der Waals surface area contributed by atoms with Gasteiger partial charge < -0.3 is 19.7 Å². The van der Waals surface area contributed by atoms with Crippen molar-refractivity contribution in [2.24, 2.45) is 0 Å². The molecule has 0 spiro atoms. The number of carbonyl (C=O) groups excluding carboxylic acids is 1. The van der Waals surface area contributed by atoms with E-state index < -0.39 is 0 Å². The molecule has 0 aliphatic carbocycles. The van der Waals surface area contributed by atoms with Crippen LogP contribution in [0.3, 0.4) is 0 Å². The SMILES string of the molecule is COc1ccc(C[NH+](C)CC(=O)N[C@@H](C)c2ccc(Cl)cc2Cl)cc1OC. The highest BCUT2D eigenvalue weighted by atomic mass is 35.5. The lowest BCUT2D eigenvalue weighted by molar-refractivity contribution is -0.885. The van der Waals surface area contributed by atoms with Crippen LogP contribution in [0.4, 0.5) is 0 Å². The minimum atomic E-state index is -0.198. The molecular weight excluding hydrogens is 387 g/mol. The number of amides is 1. The Balaban J connectivity index is 1.93. The Labute approximate surface area is 170 Å². The monoisotopic (exact) mass is 411 g/mol. The van der Waals surface area contributed by atoms with Crippen LogP contribution in [0.15, 0.2) is 36.4 Å². The summed E-state index contributed by atoms with van der Waals surface area (Å²) < 4.78 is 10.6. The van der Waals surface area contributed by atoms with Crippen LogP contribution in [0.5, 0.6) is 11.5 Å². The zero-order valence-corrected chi connectivity index (χ0v) is 17.4. The van der Waals surface area contributed by atoms with Gasteiger partial charge in [0.1, 0.15) is 6.54 Å². The van der Waals surface area contributed by atoms with E-state index in [2.05, 4.69) is 5.32 Å². The maximum absolute atomic E-state index is 12.4. The third-order valence-corrected chi connectivity index (χ3v) is 4.79. The van der Waals surface area contributed by atoms with Gasteiger partial charge in [-0.25, -0.2) is 0 Å². The first-order valence-electron chi connectivity index (χ1n) is 8.60. The molecule has 2 aromatic rings. The Hall–Kier alpha value is -1.95. The summed E-state index contributed by atoms with van der Waals surface area (Å²) in [5.41, 5.74) is 1.90. The maximum atomic E-state index is 12.4. The van der Waals surface area contributed by atoms with Gasteiger partial charge >= 0.3 is 0 Å². The van der Waals surface area contributed by atoms with Crippen LogP contribution in [-0.4, -0.2) is 33.7 Å². The van der Waals surface area contributed by atoms with Gasteiger partial charge in [0.15, 0.2) is 18.0 Å². The number of ether oxygens (including phenoxy) is 2. The van der Waals surface area contributed by atoms with E-state index in [-0.39, 0.29) is 11.9 Å². The molecule has 1 amide bonds. The fraction of sp³-hybridized carbons (Fsp3) is 0.350. The number of likely N-dealkylation sites (N-methyl/N-ethyl adjacent to an activating group) is 1. The van der Waals surface area contributed by atoms with Crippen LogP contribution in [0.2, 0.25) is 10.0 Å². The molecule has 7 heteroatoms. The lowest BCUT2D eigenvalue weighted by Crippen LogP contribution is -3.08. The fourth-order valence-electron chi connectivity index (χ4n) is 2.90. The number of halogens is 2. The first kappa shape index (κ1) is 21.4. The van der Waals surface area contributed by atoms with E-state index in [0.29, 0.717) is 34.6 Å². The number of rotatable bonds is 8. The minimum Gasteiger partial charge on any atom is -0.493 e. The van der Waals surface area contributed by atoms with Gasteiger partial charge in [0.2, 0.25) is 0 Å². The minimum absolute atomic E-state index is 0.0495. The number of hydrogen-bond acceptors (Lipinski definition) is 3. The summed E-state index contributed by atoms with van der Waals surface area (Å²) in [5.74, 6) is 1.31. The molecule has 1 unspecified atom stereocenters. The number of hydrogen-bond donors (Lipinski definition) is 2. The highest BCUT2D eigenvalue weighted by molar-refractivity contribution is 6.35. The van der Waals surface area contributed by atoms with E-state index in [1.165, 1.54) is 0 Å². The molecule has 5 nitrogen and oxygen atoms in total. The molecular formula is C20H25Cl2N2O3+. The standard InChI is InChI=1S/C20H24Cl2N2O3/c1-13(16-7-6-15(21)10-17(16)22)23-20(25)12-24(2)11-14-5-8-18(26-3)19(9-14)27-4/h5-10,13H,11-12H2,1-4H3,(H,23,25)/p+1/t13-/m0/s1. The lowest BCUT2D eigenvalue weighted by atomic mass is 10.1. The molecule has 0 fully saturated rings. The van der Waals surface area contributed by atoms with Crippen molar-refractivity contribution in [3.63, 3.8) is 0 Å². The maximum Gasteiger partial charge on any atom is 0.275 e. The van der Waals surface area contributed by atoms with Crippen LogP contribution < -0.4 is 19.7 Å². The largest absolute Gasteiger partial charge is 0.493 e. The van der Waals surface area contributed by atoms with Crippen LogP contribution in [-0.2, 0) is 11.3 Å². The van der Waals surface area contributed by atoms with Crippen LogP contribution in [0, 0.1) is 0 Å². The number of benzene rings is 2. The highest BCUT2D eigenvalue weighted by Gasteiger charge is 2.17. The van der Waals surface area contributed by atoms with Crippen molar-refractivity contribution in [1.29, 1.82) is 0 Å². The van der Waals surface area contributed by atoms with E-state index in [1.807, 2.05) is 38.2 Å². The van der Waals surface area contributed by atoms with Gasteiger partial charge in [0, 0.05) is 15.6 Å². The Morgan fingerprint density at radius 3 is 2.44 bits per heavy atom. The summed E-state index contributed by atoms with van der Waals surface area (Å²) >= 11 is 12.1. The van der Waals surface area contributed by atoms with Crippen molar-refractivity contribution in [2.45, 2.75) is 19.5 Å². The lowest BCUT2D eigenvalue weighted by Gasteiger charge is -2.19. The molecule has 0 saturated carbocycles. The van der Waals surface area contributed by atoms with Crippen LogP contribution >= 0.6 is 23.2 Å². The van der Waals surface area contributed by atoms with Gasteiger partial charge in [0.05, 0.1) is 27.3 Å². The molecule has 27 heavy (non-hydrogen) atoms. The second kappa shape index (κ2) is 9.83. The molecule has 0 saturated heterocycles. The van der Waals surface area contributed by atoms with Crippen LogP contribution in [0.1, 0.15) is 24.1 Å². The Kier molecular flexibility index (Phi) is 7.78. The summed E-state index contributed by atoms with van der Waals surface area (Å²) in [6, 6.07) is 10.8. The van der Waals surface area contributed by atoms with E-state index in [4.69, 9.17) is 32.7 Å². The Morgan fingerprint density at radius 1 is 1.11 bits per heavy atom. The summed E-state index contributed by atoms with van der Waals surface area (Å²) in [4.78, 5) is 13.4. The molecule has 0 aromatic heterocycles. The third kappa shape index (κ3) is 6.03. The van der Waals surface area contributed by atoms with E-state index in [1.54, 1.807) is 26.4 Å². The van der Waals surface area contributed by atoms with Crippen molar-refractivity contribution >= 4 is 29.1 Å². The quantitative estimate of drug-likeness (QED) is 0.701. The van der Waals surface area contributed by atoms with Gasteiger partial charge in [-0.1, -0.05) is 29.3 Å².